The normalized spacial score (nSPS) is 15.5. The summed E-state index contributed by atoms with van der Waals surface area (Å²) in [4.78, 5) is 11.7. The van der Waals surface area contributed by atoms with Gasteiger partial charge in [-0.05, 0) is 47.9 Å². The van der Waals surface area contributed by atoms with E-state index >= 15 is 0 Å². The molecule has 0 bridgehead atoms. The van der Waals surface area contributed by atoms with Crippen LogP contribution in [-0.4, -0.2) is 19.6 Å². The van der Waals surface area contributed by atoms with Crippen LogP contribution in [0.5, 0.6) is 0 Å². The number of methoxy groups -OCH3 is 1. The minimum Gasteiger partial charge on any atom is -0.465 e. The molecule has 3 rings (SSSR count). The lowest BCUT2D eigenvalue weighted by molar-refractivity contribution is 0.0600. The number of esters is 1. The molecule has 2 N–H and O–H groups in total. The van der Waals surface area contributed by atoms with E-state index in [9.17, 15) is 9.18 Å². The standard InChI is InChI=1S/C17H16FNO2/c1-21-17(20)10-5-6-13-14(9-10)11(7-8-19)12-3-2-4-15(18)16(12)13/h2-6,9,11H,7-8,19H2,1H3. The van der Waals surface area contributed by atoms with Crippen molar-refractivity contribution in [2.75, 3.05) is 13.7 Å². The highest BCUT2D eigenvalue weighted by molar-refractivity contribution is 5.92. The summed E-state index contributed by atoms with van der Waals surface area (Å²) in [5, 5.41) is 0. The fourth-order valence-corrected chi connectivity index (χ4v) is 3.08. The lowest BCUT2D eigenvalue weighted by Gasteiger charge is -2.12. The molecule has 0 amide bonds. The summed E-state index contributed by atoms with van der Waals surface area (Å²) in [7, 11) is 1.35. The second-order valence-electron chi connectivity index (χ2n) is 5.13. The van der Waals surface area contributed by atoms with E-state index in [-0.39, 0.29) is 17.7 Å². The molecule has 1 atom stereocenters. The van der Waals surface area contributed by atoms with Crippen LogP contribution in [0.4, 0.5) is 4.39 Å². The molecule has 2 aromatic rings. The SMILES string of the molecule is COC(=O)c1ccc2c(c1)C(CCN)c1cccc(F)c1-2. The van der Waals surface area contributed by atoms with E-state index in [2.05, 4.69) is 0 Å². The number of nitrogens with two attached hydrogens (primary N) is 1. The highest BCUT2D eigenvalue weighted by Crippen LogP contribution is 2.47. The number of ether oxygens (including phenoxy) is 1. The average molecular weight is 285 g/mol. The van der Waals surface area contributed by atoms with E-state index in [0.717, 1.165) is 16.7 Å². The van der Waals surface area contributed by atoms with Crippen LogP contribution in [-0.2, 0) is 4.74 Å². The third-order valence-corrected chi connectivity index (χ3v) is 3.99. The van der Waals surface area contributed by atoms with Crippen LogP contribution in [0.3, 0.4) is 0 Å². The fourth-order valence-electron chi connectivity index (χ4n) is 3.08. The van der Waals surface area contributed by atoms with Gasteiger partial charge in [-0.1, -0.05) is 18.2 Å². The Morgan fingerprint density at radius 3 is 2.81 bits per heavy atom. The zero-order valence-electron chi connectivity index (χ0n) is 11.7. The molecular formula is C17H16FNO2. The number of hydrogen-bond acceptors (Lipinski definition) is 3. The Balaban J connectivity index is 2.19. The molecule has 0 saturated carbocycles. The summed E-state index contributed by atoms with van der Waals surface area (Å²) in [6, 6.07) is 10.4. The van der Waals surface area contributed by atoms with E-state index in [0.29, 0.717) is 24.1 Å². The van der Waals surface area contributed by atoms with Crippen LogP contribution in [0, 0.1) is 5.82 Å². The van der Waals surface area contributed by atoms with Crippen molar-refractivity contribution in [3.63, 3.8) is 0 Å². The van der Waals surface area contributed by atoms with Crippen molar-refractivity contribution in [1.29, 1.82) is 0 Å². The molecule has 0 radical (unpaired) electrons. The zero-order valence-corrected chi connectivity index (χ0v) is 11.7. The molecule has 3 nitrogen and oxygen atoms in total. The first-order chi connectivity index (χ1) is 10.2. The van der Waals surface area contributed by atoms with Crippen LogP contribution < -0.4 is 5.73 Å². The summed E-state index contributed by atoms with van der Waals surface area (Å²) in [6.45, 7) is 0.502. The summed E-state index contributed by atoms with van der Waals surface area (Å²) in [5.74, 6) is -0.597. The van der Waals surface area contributed by atoms with Crippen molar-refractivity contribution in [2.45, 2.75) is 12.3 Å². The number of benzene rings is 2. The molecule has 2 aromatic carbocycles. The fraction of sp³-hybridized carbons (Fsp3) is 0.235. The topological polar surface area (TPSA) is 52.3 Å². The molecule has 21 heavy (non-hydrogen) atoms. The first kappa shape index (κ1) is 13.8. The third-order valence-electron chi connectivity index (χ3n) is 3.99. The first-order valence-corrected chi connectivity index (χ1v) is 6.88. The van der Waals surface area contributed by atoms with E-state index in [1.54, 1.807) is 24.3 Å². The van der Waals surface area contributed by atoms with Crippen LogP contribution >= 0.6 is 0 Å². The average Bonchev–Trinajstić information content (AvgIpc) is 2.82. The Morgan fingerprint density at radius 1 is 1.29 bits per heavy atom. The Bertz CT molecular complexity index is 712. The number of carbonyl (C=O) groups excluding carboxylic acids is 1. The Hall–Kier alpha value is -2.20. The molecule has 0 heterocycles. The minimum absolute atomic E-state index is 0.0281. The summed E-state index contributed by atoms with van der Waals surface area (Å²) >= 11 is 0. The predicted octanol–water partition coefficient (Wildman–Crippen LogP) is 3.07. The highest BCUT2D eigenvalue weighted by Gasteiger charge is 2.31. The molecule has 0 fully saturated rings. The molecule has 1 unspecified atom stereocenters. The molecular weight excluding hydrogens is 269 g/mol. The van der Waals surface area contributed by atoms with E-state index < -0.39 is 0 Å². The lowest BCUT2D eigenvalue weighted by atomic mass is 9.93. The quantitative estimate of drug-likeness (QED) is 0.882. The van der Waals surface area contributed by atoms with Gasteiger partial charge in [-0.3, -0.25) is 0 Å². The van der Waals surface area contributed by atoms with Crippen LogP contribution in [0.15, 0.2) is 36.4 Å². The molecule has 4 heteroatoms. The van der Waals surface area contributed by atoms with Gasteiger partial charge in [0.15, 0.2) is 0 Å². The monoisotopic (exact) mass is 285 g/mol. The summed E-state index contributed by atoms with van der Waals surface area (Å²) in [6.07, 6.45) is 0.716. The molecule has 108 valence electrons. The number of halogens is 1. The number of hydrogen-bond donors (Lipinski definition) is 1. The van der Waals surface area contributed by atoms with Gasteiger partial charge in [-0.25, -0.2) is 9.18 Å². The predicted molar refractivity (Wildman–Crippen MR) is 78.7 cm³/mol. The Morgan fingerprint density at radius 2 is 2.10 bits per heavy atom. The van der Waals surface area contributed by atoms with E-state index in [1.165, 1.54) is 13.2 Å². The Labute approximate surface area is 122 Å². The van der Waals surface area contributed by atoms with Crippen molar-refractivity contribution in [3.05, 3.63) is 58.9 Å². The van der Waals surface area contributed by atoms with Crippen molar-refractivity contribution >= 4 is 5.97 Å². The van der Waals surface area contributed by atoms with Crippen LogP contribution in [0.2, 0.25) is 0 Å². The van der Waals surface area contributed by atoms with E-state index in [4.69, 9.17) is 10.5 Å². The molecule has 0 saturated heterocycles. The van der Waals surface area contributed by atoms with Crippen molar-refractivity contribution in [1.82, 2.24) is 0 Å². The smallest absolute Gasteiger partial charge is 0.337 e. The van der Waals surface area contributed by atoms with Crippen molar-refractivity contribution < 1.29 is 13.9 Å². The molecule has 1 aliphatic carbocycles. The van der Waals surface area contributed by atoms with E-state index in [1.807, 2.05) is 6.07 Å². The maximum absolute atomic E-state index is 14.2. The molecule has 0 spiro atoms. The van der Waals surface area contributed by atoms with Crippen molar-refractivity contribution in [2.24, 2.45) is 5.73 Å². The Kier molecular flexibility index (Phi) is 3.47. The minimum atomic E-state index is -0.388. The van der Waals surface area contributed by atoms with Gasteiger partial charge in [0.25, 0.3) is 0 Å². The van der Waals surface area contributed by atoms with Gasteiger partial charge in [-0.2, -0.15) is 0 Å². The van der Waals surface area contributed by atoms with Crippen LogP contribution in [0.25, 0.3) is 11.1 Å². The lowest BCUT2D eigenvalue weighted by Crippen LogP contribution is -2.08. The number of carbonyl (C=O) groups is 1. The number of rotatable bonds is 3. The zero-order chi connectivity index (χ0) is 15.0. The molecule has 0 aromatic heterocycles. The van der Waals surface area contributed by atoms with Gasteiger partial charge >= 0.3 is 5.97 Å². The summed E-state index contributed by atoms with van der Waals surface area (Å²) < 4.78 is 18.9. The van der Waals surface area contributed by atoms with Crippen LogP contribution in [0.1, 0.15) is 33.8 Å². The van der Waals surface area contributed by atoms with Gasteiger partial charge in [0.05, 0.1) is 12.7 Å². The van der Waals surface area contributed by atoms with Gasteiger partial charge in [0.2, 0.25) is 0 Å². The maximum atomic E-state index is 14.2. The van der Waals surface area contributed by atoms with Gasteiger partial charge in [-0.15, -0.1) is 0 Å². The maximum Gasteiger partial charge on any atom is 0.337 e. The second kappa shape index (κ2) is 5.30. The third kappa shape index (κ3) is 2.12. The first-order valence-electron chi connectivity index (χ1n) is 6.88. The van der Waals surface area contributed by atoms with Gasteiger partial charge in [0.1, 0.15) is 5.82 Å². The largest absolute Gasteiger partial charge is 0.465 e. The molecule has 0 aliphatic heterocycles. The molecule has 1 aliphatic rings. The number of fused-ring (bicyclic) bond motifs is 3. The van der Waals surface area contributed by atoms with Gasteiger partial charge in [0, 0.05) is 11.5 Å². The summed E-state index contributed by atoms with van der Waals surface area (Å²) in [5.41, 5.74) is 9.54. The highest BCUT2D eigenvalue weighted by atomic mass is 19.1. The second-order valence-corrected chi connectivity index (χ2v) is 5.13. The van der Waals surface area contributed by atoms with Gasteiger partial charge < -0.3 is 10.5 Å². The van der Waals surface area contributed by atoms with Crippen molar-refractivity contribution in [3.8, 4) is 11.1 Å².